The van der Waals surface area contributed by atoms with Crippen molar-refractivity contribution in [2.24, 2.45) is 0 Å². The maximum absolute atomic E-state index is 12.0. The van der Waals surface area contributed by atoms with Crippen molar-refractivity contribution in [3.05, 3.63) is 18.3 Å². The largest absolute Gasteiger partial charge is 0.365 e. The van der Waals surface area contributed by atoms with Crippen LogP contribution in [-0.2, 0) is 9.53 Å². The Balaban J connectivity index is 2.06. The minimum Gasteiger partial charge on any atom is -0.365 e. The summed E-state index contributed by atoms with van der Waals surface area (Å²) in [4.78, 5) is 15.9. The smallest absolute Gasteiger partial charge is 0.253 e. The first-order chi connectivity index (χ1) is 9.42. The highest BCUT2D eigenvalue weighted by molar-refractivity contribution is 8.22. The van der Waals surface area contributed by atoms with Gasteiger partial charge in [0.25, 0.3) is 5.91 Å². The van der Waals surface area contributed by atoms with Gasteiger partial charge in [-0.1, -0.05) is 10.8 Å². The zero-order valence-electron chi connectivity index (χ0n) is 11.4. The standard InChI is InChI=1S/C12H19N3O4S/c1-8-3-4-10(19-8)12(16)15-9-5-6-14-11(7-9)20(17,18)13-2/h5-8,10,13,17-18H,3-4H2,1-2H3,(H,14,15,16). The maximum atomic E-state index is 12.0. The van der Waals surface area contributed by atoms with Crippen LogP contribution in [0.25, 0.3) is 0 Å². The van der Waals surface area contributed by atoms with Crippen LogP contribution >= 0.6 is 10.8 Å². The third kappa shape index (κ3) is 3.47. The van der Waals surface area contributed by atoms with Crippen LogP contribution in [0.3, 0.4) is 0 Å². The molecule has 2 heterocycles. The molecular formula is C12H19N3O4S. The minimum absolute atomic E-state index is 0.0820. The molecule has 0 saturated carbocycles. The number of anilines is 1. The molecule has 1 amide bonds. The van der Waals surface area contributed by atoms with Gasteiger partial charge < -0.3 is 10.1 Å². The molecule has 1 aromatic heterocycles. The summed E-state index contributed by atoms with van der Waals surface area (Å²) in [7, 11) is -1.70. The van der Waals surface area contributed by atoms with Crippen LogP contribution in [0.4, 0.5) is 5.69 Å². The molecule has 8 heteroatoms. The van der Waals surface area contributed by atoms with Gasteiger partial charge in [-0.3, -0.25) is 13.9 Å². The van der Waals surface area contributed by atoms with Gasteiger partial charge in [-0.15, -0.1) is 0 Å². The van der Waals surface area contributed by atoms with Gasteiger partial charge in [0, 0.05) is 25.0 Å². The van der Waals surface area contributed by atoms with Crippen molar-refractivity contribution in [2.75, 3.05) is 12.4 Å². The Morgan fingerprint density at radius 3 is 2.85 bits per heavy atom. The third-order valence-corrected chi connectivity index (χ3v) is 4.48. The van der Waals surface area contributed by atoms with Crippen LogP contribution in [-0.4, -0.2) is 39.3 Å². The molecule has 0 radical (unpaired) electrons. The topological polar surface area (TPSA) is 104 Å². The van der Waals surface area contributed by atoms with E-state index >= 15 is 0 Å². The first kappa shape index (κ1) is 15.2. The summed E-state index contributed by atoms with van der Waals surface area (Å²) in [6.45, 7) is 1.93. The monoisotopic (exact) mass is 301 g/mol. The number of carbonyl (C=O) groups is 1. The number of hydrogen-bond donors (Lipinski definition) is 4. The van der Waals surface area contributed by atoms with Crippen molar-refractivity contribution >= 4 is 22.4 Å². The Labute approximate surface area is 119 Å². The molecule has 1 saturated heterocycles. The van der Waals surface area contributed by atoms with E-state index < -0.39 is 16.9 Å². The molecule has 2 atom stereocenters. The Morgan fingerprint density at radius 2 is 2.25 bits per heavy atom. The molecule has 0 aromatic carbocycles. The molecule has 1 aliphatic heterocycles. The molecule has 0 spiro atoms. The van der Waals surface area contributed by atoms with E-state index in [2.05, 4.69) is 15.0 Å². The highest BCUT2D eigenvalue weighted by Gasteiger charge is 2.28. The number of aromatic nitrogens is 1. The van der Waals surface area contributed by atoms with Gasteiger partial charge in [0.05, 0.1) is 6.10 Å². The van der Waals surface area contributed by atoms with E-state index in [4.69, 9.17) is 4.74 Å². The van der Waals surface area contributed by atoms with Crippen LogP contribution in [0.15, 0.2) is 23.4 Å². The normalized spacial score (nSPS) is 23.6. The van der Waals surface area contributed by atoms with Crippen LogP contribution in [0, 0.1) is 0 Å². The predicted octanol–water partition coefficient (Wildman–Crippen LogP) is 1.83. The average Bonchev–Trinajstić information content (AvgIpc) is 2.86. The first-order valence-electron chi connectivity index (χ1n) is 6.31. The fourth-order valence-electron chi connectivity index (χ4n) is 1.97. The zero-order chi connectivity index (χ0) is 14.8. The summed E-state index contributed by atoms with van der Waals surface area (Å²) in [5.74, 6) is -0.229. The molecule has 1 fully saturated rings. The van der Waals surface area contributed by atoms with Crippen LogP contribution in [0.5, 0.6) is 0 Å². The molecule has 1 aromatic rings. The number of amides is 1. The molecule has 2 rings (SSSR count). The lowest BCUT2D eigenvalue weighted by Gasteiger charge is -2.29. The molecule has 1 aliphatic rings. The van der Waals surface area contributed by atoms with Crippen molar-refractivity contribution in [1.82, 2.24) is 9.71 Å². The van der Waals surface area contributed by atoms with E-state index in [1.165, 1.54) is 19.3 Å². The lowest BCUT2D eigenvalue weighted by Crippen LogP contribution is -2.27. The fraction of sp³-hybridized carbons (Fsp3) is 0.500. The molecule has 112 valence electrons. The number of carbonyl (C=O) groups excluding carboxylic acids is 1. The Bertz CT molecular complexity index is 497. The number of ether oxygens (including phenoxy) is 1. The van der Waals surface area contributed by atoms with E-state index in [9.17, 15) is 13.9 Å². The quantitative estimate of drug-likeness (QED) is 0.676. The Hall–Kier alpha value is -1.19. The second-order valence-corrected chi connectivity index (χ2v) is 6.56. The molecular weight excluding hydrogens is 282 g/mol. The Kier molecular flexibility index (Phi) is 4.61. The second kappa shape index (κ2) is 6.06. The second-order valence-electron chi connectivity index (χ2n) is 4.64. The highest BCUT2D eigenvalue weighted by Crippen LogP contribution is 2.42. The summed E-state index contributed by atoms with van der Waals surface area (Å²) < 4.78 is 27.3. The summed E-state index contributed by atoms with van der Waals surface area (Å²) in [6, 6.07) is 3.02. The summed E-state index contributed by atoms with van der Waals surface area (Å²) in [6.07, 6.45) is 2.60. The summed E-state index contributed by atoms with van der Waals surface area (Å²) in [5, 5.41) is 2.78. The van der Waals surface area contributed by atoms with Gasteiger partial charge in [-0.25, -0.2) is 9.71 Å². The molecule has 20 heavy (non-hydrogen) atoms. The SMILES string of the molecule is CNS(O)(O)c1cc(NC(=O)C2CCC(C)O2)ccn1. The van der Waals surface area contributed by atoms with Gasteiger partial charge in [0.1, 0.15) is 6.10 Å². The van der Waals surface area contributed by atoms with Gasteiger partial charge in [0.2, 0.25) is 0 Å². The van der Waals surface area contributed by atoms with Gasteiger partial charge >= 0.3 is 0 Å². The predicted molar refractivity (Wildman–Crippen MR) is 76.6 cm³/mol. The van der Waals surface area contributed by atoms with E-state index in [1.807, 2.05) is 6.92 Å². The lowest BCUT2D eigenvalue weighted by molar-refractivity contribution is -0.126. The zero-order valence-corrected chi connectivity index (χ0v) is 12.2. The number of rotatable bonds is 4. The average molecular weight is 301 g/mol. The number of pyridine rings is 1. The van der Waals surface area contributed by atoms with E-state index in [0.717, 1.165) is 6.42 Å². The molecule has 4 N–H and O–H groups in total. The van der Waals surface area contributed by atoms with Crippen molar-refractivity contribution in [3.63, 3.8) is 0 Å². The van der Waals surface area contributed by atoms with Gasteiger partial charge in [0.15, 0.2) is 5.03 Å². The summed E-state index contributed by atoms with van der Waals surface area (Å²) in [5.41, 5.74) is 0.457. The number of nitrogens with zero attached hydrogens (tertiary/aromatic N) is 1. The van der Waals surface area contributed by atoms with Crippen molar-refractivity contribution in [2.45, 2.75) is 37.0 Å². The molecule has 7 nitrogen and oxygen atoms in total. The summed E-state index contributed by atoms with van der Waals surface area (Å²) >= 11 is 0. The number of hydrogen-bond acceptors (Lipinski definition) is 6. The van der Waals surface area contributed by atoms with Gasteiger partial charge in [-0.2, -0.15) is 0 Å². The van der Waals surface area contributed by atoms with Crippen LogP contribution in [0.2, 0.25) is 0 Å². The maximum Gasteiger partial charge on any atom is 0.253 e. The lowest BCUT2D eigenvalue weighted by atomic mass is 10.2. The van der Waals surface area contributed by atoms with Crippen molar-refractivity contribution in [3.8, 4) is 0 Å². The van der Waals surface area contributed by atoms with E-state index in [0.29, 0.717) is 12.1 Å². The molecule has 2 unspecified atom stereocenters. The molecule has 0 bridgehead atoms. The van der Waals surface area contributed by atoms with Crippen LogP contribution in [0.1, 0.15) is 19.8 Å². The van der Waals surface area contributed by atoms with Crippen LogP contribution < -0.4 is 10.0 Å². The van der Waals surface area contributed by atoms with Gasteiger partial charge in [-0.05, 0) is 25.8 Å². The van der Waals surface area contributed by atoms with Crippen molar-refractivity contribution < 1.29 is 18.6 Å². The first-order valence-corrected chi connectivity index (χ1v) is 7.86. The Morgan fingerprint density at radius 1 is 1.50 bits per heavy atom. The highest BCUT2D eigenvalue weighted by atomic mass is 32.3. The minimum atomic E-state index is -3.13. The molecule has 0 aliphatic carbocycles. The van der Waals surface area contributed by atoms with E-state index in [1.54, 1.807) is 6.07 Å². The fourth-order valence-corrected chi connectivity index (χ4v) is 2.67. The number of nitrogens with one attached hydrogen (secondary N) is 2. The van der Waals surface area contributed by atoms with E-state index in [-0.39, 0.29) is 17.0 Å². The van der Waals surface area contributed by atoms with Crippen molar-refractivity contribution in [1.29, 1.82) is 0 Å². The third-order valence-electron chi connectivity index (χ3n) is 3.10.